The van der Waals surface area contributed by atoms with Gasteiger partial charge < -0.3 is 19.7 Å². The van der Waals surface area contributed by atoms with Crippen molar-refractivity contribution in [2.75, 3.05) is 34.4 Å². The van der Waals surface area contributed by atoms with E-state index in [9.17, 15) is 0 Å². The average molecular weight is 382 g/mol. The van der Waals surface area contributed by atoms with Crippen molar-refractivity contribution in [3.05, 3.63) is 59.7 Å². The summed E-state index contributed by atoms with van der Waals surface area (Å²) in [6, 6.07) is 17.3. The molecule has 0 bridgehead atoms. The first-order chi connectivity index (χ1) is 13.7. The third-order valence-corrected chi connectivity index (χ3v) is 5.19. The Kier molecular flexibility index (Phi) is 6.80. The van der Waals surface area contributed by atoms with Crippen LogP contribution in [-0.4, -0.2) is 51.3 Å². The Balaban J connectivity index is 1.57. The molecule has 0 aliphatic heterocycles. The summed E-state index contributed by atoms with van der Waals surface area (Å²) in [6.45, 7) is 3.72. The standard InChI is InChI=1S/C23H31N3O2/c1-5-24-23(25-20-16-19(20)18-9-7-6-8-10-18)26(2)14-13-17-11-12-21(27-3)22(15-17)28-4/h6-12,15,19-20H,5,13-14,16H2,1-4H3,(H,24,25). The third kappa shape index (κ3) is 4.97. The molecular weight excluding hydrogens is 350 g/mol. The largest absolute Gasteiger partial charge is 0.493 e. The lowest BCUT2D eigenvalue weighted by Crippen LogP contribution is -2.41. The van der Waals surface area contributed by atoms with Gasteiger partial charge in [-0.25, -0.2) is 0 Å². The van der Waals surface area contributed by atoms with E-state index in [1.54, 1.807) is 14.2 Å². The quantitative estimate of drug-likeness (QED) is 0.559. The zero-order valence-corrected chi connectivity index (χ0v) is 17.3. The van der Waals surface area contributed by atoms with E-state index in [4.69, 9.17) is 14.5 Å². The van der Waals surface area contributed by atoms with Gasteiger partial charge in [0.1, 0.15) is 0 Å². The number of guanidine groups is 1. The number of nitrogens with one attached hydrogen (secondary N) is 1. The zero-order chi connectivity index (χ0) is 19.9. The van der Waals surface area contributed by atoms with Crippen molar-refractivity contribution in [3.8, 4) is 11.5 Å². The van der Waals surface area contributed by atoms with Crippen LogP contribution in [-0.2, 0) is 6.42 Å². The zero-order valence-electron chi connectivity index (χ0n) is 17.3. The Hall–Kier alpha value is -2.69. The van der Waals surface area contributed by atoms with Gasteiger partial charge in [0.15, 0.2) is 17.5 Å². The topological polar surface area (TPSA) is 46.1 Å². The molecule has 2 aromatic carbocycles. The molecule has 0 saturated heterocycles. The maximum atomic E-state index is 5.41. The number of ether oxygens (including phenoxy) is 2. The van der Waals surface area contributed by atoms with Crippen molar-refractivity contribution in [1.29, 1.82) is 0 Å². The number of benzene rings is 2. The van der Waals surface area contributed by atoms with E-state index in [1.807, 2.05) is 12.1 Å². The highest BCUT2D eigenvalue weighted by Crippen LogP contribution is 2.40. The summed E-state index contributed by atoms with van der Waals surface area (Å²) in [5, 5.41) is 3.65. The van der Waals surface area contributed by atoms with E-state index in [0.29, 0.717) is 12.0 Å². The number of likely N-dealkylation sites (N-methyl/N-ethyl adjacent to an activating group) is 1. The molecule has 0 amide bonds. The lowest BCUT2D eigenvalue weighted by molar-refractivity contribution is 0.354. The minimum Gasteiger partial charge on any atom is -0.493 e. The first kappa shape index (κ1) is 20.1. The number of methoxy groups -OCH3 is 2. The van der Waals surface area contributed by atoms with Gasteiger partial charge in [0.2, 0.25) is 0 Å². The van der Waals surface area contributed by atoms with Crippen LogP contribution in [0, 0.1) is 0 Å². The fourth-order valence-electron chi connectivity index (χ4n) is 3.45. The summed E-state index contributed by atoms with van der Waals surface area (Å²) >= 11 is 0. The van der Waals surface area contributed by atoms with Gasteiger partial charge in [-0.3, -0.25) is 4.99 Å². The van der Waals surface area contributed by atoms with Gasteiger partial charge in [0.25, 0.3) is 0 Å². The first-order valence-corrected chi connectivity index (χ1v) is 9.94. The number of aliphatic imine (C=N–C) groups is 1. The van der Waals surface area contributed by atoms with E-state index in [2.05, 4.69) is 60.6 Å². The molecule has 0 spiro atoms. The van der Waals surface area contributed by atoms with Crippen molar-refractivity contribution >= 4 is 5.96 Å². The van der Waals surface area contributed by atoms with E-state index >= 15 is 0 Å². The van der Waals surface area contributed by atoms with Crippen molar-refractivity contribution in [1.82, 2.24) is 10.2 Å². The van der Waals surface area contributed by atoms with Gasteiger partial charge in [-0.2, -0.15) is 0 Å². The molecule has 0 heterocycles. The highest BCUT2D eigenvalue weighted by atomic mass is 16.5. The molecule has 1 saturated carbocycles. The molecule has 0 aromatic heterocycles. The SMILES string of the molecule is CCN=C(NC1CC1c1ccccc1)N(C)CCc1ccc(OC)c(OC)c1. The highest BCUT2D eigenvalue weighted by Gasteiger charge is 2.39. The molecule has 1 N–H and O–H groups in total. The van der Waals surface area contributed by atoms with Gasteiger partial charge in [-0.15, -0.1) is 0 Å². The molecule has 1 aliphatic carbocycles. The second-order valence-electron chi connectivity index (χ2n) is 7.16. The maximum absolute atomic E-state index is 5.41. The number of rotatable bonds is 8. The van der Waals surface area contributed by atoms with E-state index in [0.717, 1.165) is 43.4 Å². The van der Waals surface area contributed by atoms with Crippen LogP contribution in [0.25, 0.3) is 0 Å². The Morgan fingerprint density at radius 3 is 2.54 bits per heavy atom. The normalized spacial score (nSPS) is 18.5. The summed E-state index contributed by atoms with van der Waals surface area (Å²) in [6.07, 6.45) is 2.07. The molecule has 0 radical (unpaired) electrons. The molecule has 5 nitrogen and oxygen atoms in total. The predicted molar refractivity (Wildman–Crippen MR) is 115 cm³/mol. The van der Waals surface area contributed by atoms with Crippen LogP contribution >= 0.6 is 0 Å². The fourth-order valence-corrected chi connectivity index (χ4v) is 3.45. The molecule has 2 unspecified atom stereocenters. The average Bonchev–Trinajstić information content (AvgIpc) is 3.51. The Labute approximate surface area is 168 Å². The molecule has 150 valence electrons. The van der Waals surface area contributed by atoms with E-state index in [1.165, 1.54) is 11.1 Å². The second kappa shape index (κ2) is 9.49. The number of hydrogen-bond donors (Lipinski definition) is 1. The summed E-state index contributed by atoms with van der Waals surface area (Å²) in [5.74, 6) is 3.09. The van der Waals surface area contributed by atoms with Gasteiger partial charge in [0.05, 0.1) is 14.2 Å². The maximum Gasteiger partial charge on any atom is 0.193 e. The van der Waals surface area contributed by atoms with E-state index in [-0.39, 0.29) is 0 Å². The molecular formula is C23H31N3O2. The summed E-state index contributed by atoms with van der Waals surface area (Å²) in [4.78, 5) is 6.90. The smallest absolute Gasteiger partial charge is 0.193 e. The summed E-state index contributed by atoms with van der Waals surface area (Å²) in [5.41, 5.74) is 2.62. The Bertz CT molecular complexity index is 792. The minimum absolute atomic E-state index is 0.469. The molecule has 2 atom stereocenters. The van der Waals surface area contributed by atoms with Crippen LogP contribution in [0.4, 0.5) is 0 Å². The highest BCUT2D eigenvalue weighted by molar-refractivity contribution is 5.80. The Morgan fingerprint density at radius 2 is 1.86 bits per heavy atom. The molecule has 1 aliphatic rings. The first-order valence-electron chi connectivity index (χ1n) is 9.94. The van der Waals surface area contributed by atoms with Crippen LogP contribution in [0.2, 0.25) is 0 Å². The summed E-state index contributed by atoms with van der Waals surface area (Å²) < 4.78 is 10.7. The lowest BCUT2D eigenvalue weighted by atomic mass is 10.1. The molecule has 28 heavy (non-hydrogen) atoms. The van der Waals surface area contributed by atoms with Crippen molar-refractivity contribution in [2.45, 2.75) is 31.7 Å². The molecule has 2 aromatic rings. The van der Waals surface area contributed by atoms with Crippen molar-refractivity contribution in [2.24, 2.45) is 4.99 Å². The van der Waals surface area contributed by atoms with E-state index < -0.39 is 0 Å². The molecule has 5 heteroatoms. The molecule has 1 fully saturated rings. The van der Waals surface area contributed by atoms with Crippen LogP contribution in [0.3, 0.4) is 0 Å². The lowest BCUT2D eigenvalue weighted by Gasteiger charge is -2.23. The van der Waals surface area contributed by atoms with Crippen molar-refractivity contribution < 1.29 is 9.47 Å². The Morgan fingerprint density at radius 1 is 1.11 bits per heavy atom. The van der Waals surface area contributed by atoms with Gasteiger partial charge >= 0.3 is 0 Å². The van der Waals surface area contributed by atoms with Crippen molar-refractivity contribution in [3.63, 3.8) is 0 Å². The monoisotopic (exact) mass is 381 g/mol. The number of hydrogen-bond acceptors (Lipinski definition) is 3. The van der Waals surface area contributed by atoms with Crippen LogP contribution < -0.4 is 14.8 Å². The second-order valence-corrected chi connectivity index (χ2v) is 7.16. The van der Waals surface area contributed by atoms with Gasteiger partial charge in [0, 0.05) is 32.1 Å². The summed E-state index contributed by atoms with van der Waals surface area (Å²) in [7, 11) is 5.43. The van der Waals surface area contributed by atoms with Gasteiger partial charge in [-0.1, -0.05) is 36.4 Å². The minimum atomic E-state index is 0.469. The van der Waals surface area contributed by atoms with Gasteiger partial charge in [-0.05, 0) is 43.0 Å². The number of nitrogens with zero attached hydrogens (tertiary/aromatic N) is 2. The molecule has 3 rings (SSSR count). The van der Waals surface area contributed by atoms with Crippen LogP contribution in [0.1, 0.15) is 30.4 Å². The van der Waals surface area contributed by atoms with Crippen LogP contribution in [0.5, 0.6) is 11.5 Å². The van der Waals surface area contributed by atoms with Crippen LogP contribution in [0.15, 0.2) is 53.5 Å². The predicted octanol–water partition coefficient (Wildman–Crippen LogP) is 3.70. The third-order valence-electron chi connectivity index (χ3n) is 5.19. The fraction of sp³-hybridized carbons (Fsp3) is 0.435.